The largest absolute Gasteiger partial charge is 0.747 e. The third-order valence-corrected chi connectivity index (χ3v) is 14.7. The number of carbonyl (C=O) groups is 8. The molecule has 30 nitrogen and oxygen atoms in total. The molecular weight excluding hydrogens is 1530 g/mol. The van der Waals surface area contributed by atoms with Gasteiger partial charge in [-0.1, -0.05) is 148 Å². The van der Waals surface area contributed by atoms with Crippen molar-refractivity contribution in [1.29, 1.82) is 0 Å². The summed E-state index contributed by atoms with van der Waals surface area (Å²) in [6.07, 6.45) is -1.61. The number of rotatable bonds is 24. The molecule has 17 N–H and O–H groups in total. The number of hydrogen-bond acceptors (Lipinski definition) is 17. The van der Waals surface area contributed by atoms with Crippen molar-refractivity contribution in [2.75, 3.05) is 19.8 Å². The second kappa shape index (κ2) is 51.6. The van der Waals surface area contributed by atoms with Crippen molar-refractivity contribution in [3.05, 3.63) is 249 Å². The summed E-state index contributed by atoms with van der Waals surface area (Å²) in [5.41, 5.74) is 3.81. The molecule has 0 heterocycles. The zero-order valence-electron chi connectivity index (χ0n) is 60.1. The van der Waals surface area contributed by atoms with Gasteiger partial charge in [-0.3, -0.25) is 14.4 Å². The van der Waals surface area contributed by atoms with E-state index < -0.39 is 114 Å². The molecule has 37 heteroatoms. The van der Waals surface area contributed by atoms with Crippen LogP contribution in [0.2, 0.25) is 0 Å². The standard InChI is InChI=1S/C12H14O5.C11H10F2O4.2C10H10O5.C8H7F2O2P.C8H9O2P.C7H7O3P.C7H8O.3H2O/c1-8-3-4-10(16-6-9(2)13)11(5-8)17-7-12(14)15;1-6-2-4-7(5-3-6)11(12,13)8(9(14)15)10(16)17;1-6-2-4-7(5-3-6)15-8(9(11)12)10(13)14;1-6-2-3-8(15-5-9(11)12)7(4-6)10(13)14;1-6-2-4-7(5-3-6)8(9,10)13(11)12;1-7-2-4-8(5-3-7)6-11(9)10;1-6-2-4-7(5-3-6)10-11(8)9;1-6-2-4-7(8)5-3-6;;;/h3-5H,6-7H2,1-2H3,(H,14,15);2-5,8H,1H3,(H,14,15)(H,16,17);2-5,8H,1H3,(H,11,12)(H,13,14);2-4H,5H2,1H3,(H,11,12)(H,13,14);2-5H,1H3;2-5H,6H2,1H3;2-5H,1H3;2-5,8H,1H3;3*1H2/p+3. The lowest BCUT2D eigenvalue weighted by atomic mass is 9.94. The van der Waals surface area contributed by atoms with Crippen molar-refractivity contribution in [1.82, 2.24) is 0 Å². The van der Waals surface area contributed by atoms with Crippen LogP contribution in [-0.2, 0) is 65.0 Å². The van der Waals surface area contributed by atoms with Crippen LogP contribution in [0.5, 0.6) is 34.5 Å². The van der Waals surface area contributed by atoms with Crippen molar-refractivity contribution in [3.8, 4) is 34.5 Å². The van der Waals surface area contributed by atoms with E-state index in [1.165, 1.54) is 66.6 Å². The number of aromatic hydroxyl groups is 1. The number of carbonyl (C=O) groups excluding carboxylic acids is 1. The number of hydrogen-bond donors (Lipinski definition) is 11. The van der Waals surface area contributed by atoms with E-state index >= 15 is 0 Å². The number of halogens is 4. The lowest BCUT2D eigenvalue weighted by molar-refractivity contribution is -0.174. The Balaban J connectivity index is -0.00000119. The van der Waals surface area contributed by atoms with E-state index in [2.05, 4.69) is 4.52 Å². The molecule has 8 aromatic rings. The van der Waals surface area contributed by atoms with Gasteiger partial charge in [0.25, 0.3) is 12.0 Å². The van der Waals surface area contributed by atoms with Crippen LogP contribution in [-0.4, -0.2) is 145 Å². The average Bonchev–Trinajstić information content (AvgIpc) is 0.817. The molecule has 3 unspecified atom stereocenters. The zero-order valence-corrected chi connectivity index (χ0v) is 62.8. The fourth-order valence-corrected chi connectivity index (χ4v) is 8.70. The first-order valence-corrected chi connectivity index (χ1v) is 34.4. The monoisotopic (exact) mass is 1610 g/mol. The predicted octanol–water partition coefficient (Wildman–Crippen LogP) is 11.6. The molecule has 0 saturated heterocycles. The lowest BCUT2D eigenvalue weighted by Crippen LogP contribution is -2.38. The minimum atomic E-state index is -3.95. The van der Waals surface area contributed by atoms with Gasteiger partial charge >= 0.3 is 71.8 Å². The molecule has 0 radical (unpaired) electrons. The van der Waals surface area contributed by atoms with Gasteiger partial charge < -0.3 is 76.2 Å². The van der Waals surface area contributed by atoms with Gasteiger partial charge in [0.1, 0.15) is 29.4 Å². The number of aryl methyl sites for hydroxylation is 8. The molecule has 8 aromatic carbocycles. The molecule has 0 aliphatic heterocycles. The number of benzene rings is 8. The maximum atomic E-state index is 13.7. The maximum Gasteiger partial charge on any atom is 0.747 e. The van der Waals surface area contributed by atoms with E-state index in [1.807, 2.05) is 83.1 Å². The first-order chi connectivity index (χ1) is 49.8. The number of phenolic OH excluding ortho intramolecular Hbond substituents is 1. The van der Waals surface area contributed by atoms with Gasteiger partial charge in [0.05, 0.1) is 5.56 Å². The summed E-state index contributed by atoms with van der Waals surface area (Å²) in [4.78, 5) is 110. The van der Waals surface area contributed by atoms with Crippen LogP contribution in [0.1, 0.15) is 78.5 Å². The summed E-state index contributed by atoms with van der Waals surface area (Å²) in [6, 6.07) is 47.8. The van der Waals surface area contributed by atoms with Crippen LogP contribution in [0.3, 0.4) is 0 Å². The van der Waals surface area contributed by atoms with E-state index in [1.54, 1.807) is 81.4 Å². The molecule has 0 aliphatic rings. The van der Waals surface area contributed by atoms with Gasteiger partial charge in [-0.2, -0.15) is 18.6 Å². The number of Topliss-reactive ketones (excluding diaryl/α,β-unsaturated/α-hetero) is 1. The van der Waals surface area contributed by atoms with E-state index in [4.69, 9.17) is 74.5 Å². The summed E-state index contributed by atoms with van der Waals surface area (Å²) >= 11 is 0. The average molecular weight is 1610 g/mol. The van der Waals surface area contributed by atoms with E-state index in [-0.39, 0.29) is 52.0 Å². The molecule has 0 saturated carbocycles. The Bertz CT molecular complexity index is 4160. The second-order valence-electron chi connectivity index (χ2n) is 22.4. The topological polar surface area (TPSA) is 551 Å². The summed E-state index contributed by atoms with van der Waals surface area (Å²) in [5, 5.41) is 68.7. The van der Waals surface area contributed by atoms with Crippen molar-refractivity contribution in [2.24, 2.45) is 5.92 Å². The number of carboxylic acids is 7. The van der Waals surface area contributed by atoms with Gasteiger partial charge in [0.15, 0.2) is 36.2 Å². The number of aliphatic carboxylic acids is 6. The number of carboxylic acid groups (broad SMARTS) is 7. The molecule has 3 atom stereocenters. The Morgan fingerprint density at radius 2 is 0.764 bits per heavy atom. The van der Waals surface area contributed by atoms with Crippen molar-refractivity contribution >= 4 is 71.9 Å². The van der Waals surface area contributed by atoms with Gasteiger partial charge in [0.2, 0.25) is 12.1 Å². The number of phenols is 1. The van der Waals surface area contributed by atoms with Gasteiger partial charge in [0, 0.05) is 15.7 Å². The molecule has 110 heavy (non-hydrogen) atoms. The van der Waals surface area contributed by atoms with Crippen molar-refractivity contribution in [2.45, 2.75) is 86.2 Å². The molecule has 0 fully saturated rings. The van der Waals surface area contributed by atoms with Crippen LogP contribution in [0.25, 0.3) is 0 Å². The van der Waals surface area contributed by atoms with Crippen molar-refractivity contribution in [3.63, 3.8) is 0 Å². The molecule has 596 valence electrons. The lowest BCUT2D eigenvalue weighted by Gasteiger charge is -2.20. The molecule has 0 aliphatic carbocycles. The number of ketones is 1. The van der Waals surface area contributed by atoms with Crippen molar-refractivity contribution < 1.29 is 165 Å². The number of ether oxygens (including phenoxy) is 4. The van der Waals surface area contributed by atoms with Crippen LogP contribution in [0, 0.1) is 61.3 Å². The highest BCUT2D eigenvalue weighted by Crippen LogP contribution is 2.47. The normalized spacial score (nSPS) is 10.4. The first kappa shape index (κ1) is 102. The van der Waals surface area contributed by atoms with E-state index in [9.17, 15) is 69.6 Å². The molecule has 8 rings (SSSR count). The second-order valence-corrected chi connectivity index (χ2v) is 25.1. The minimum absolute atomic E-state index is 0. The highest BCUT2D eigenvalue weighted by Gasteiger charge is 2.53. The van der Waals surface area contributed by atoms with Crippen LogP contribution >= 0.6 is 24.3 Å². The maximum absolute atomic E-state index is 13.7. The quantitative estimate of drug-likeness (QED) is 0.0152. The molecule has 0 aromatic heterocycles. The summed E-state index contributed by atoms with van der Waals surface area (Å²) in [7, 11) is -8.09. The van der Waals surface area contributed by atoms with Gasteiger partial charge in [-0.25, -0.2) is 28.5 Å². The van der Waals surface area contributed by atoms with E-state index in [0.717, 1.165) is 57.6 Å². The predicted molar refractivity (Wildman–Crippen MR) is 391 cm³/mol. The Kier molecular flexibility index (Phi) is 48.0. The Morgan fingerprint density at radius 3 is 1.12 bits per heavy atom. The first-order valence-electron chi connectivity index (χ1n) is 30.7. The van der Waals surface area contributed by atoms with E-state index in [0.29, 0.717) is 28.6 Å². The molecule has 0 bridgehead atoms. The number of aromatic carboxylic acids is 1. The minimum Gasteiger partial charge on any atom is -0.508 e. The third-order valence-electron chi connectivity index (χ3n) is 12.9. The van der Waals surface area contributed by atoms with Crippen LogP contribution in [0.15, 0.2) is 182 Å². The molecule has 0 spiro atoms. The highest BCUT2D eigenvalue weighted by molar-refractivity contribution is 7.39. The third kappa shape index (κ3) is 41.4. The Morgan fingerprint density at radius 1 is 0.418 bits per heavy atom. The van der Waals surface area contributed by atoms with Gasteiger partial charge in [-0.15, -0.1) is 13.7 Å². The summed E-state index contributed by atoms with van der Waals surface area (Å²) < 4.78 is 108. The molecule has 0 amide bonds. The Hall–Kier alpha value is -11.7. The smallest absolute Gasteiger partial charge is 0.508 e. The number of alkyl halides is 4. The van der Waals surface area contributed by atoms with Crippen LogP contribution < -0.4 is 23.5 Å². The Labute approximate surface area is 629 Å². The summed E-state index contributed by atoms with van der Waals surface area (Å²) in [6.45, 7) is 15.1. The van der Waals surface area contributed by atoms with Crippen LogP contribution in [0.4, 0.5) is 17.6 Å². The summed E-state index contributed by atoms with van der Waals surface area (Å²) in [5.74, 6) is -15.7. The SMILES string of the molecule is CC(=O)COc1ccc(C)cc1OCC(=O)O.Cc1ccc(C(F)(F)C(C(=O)O)C(=O)O)cc1.Cc1ccc(C(F)(F)[P+](=O)O)cc1.Cc1ccc(C[P+](=O)O)cc1.Cc1ccc(O)cc1.Cc1ccc(OC(C(=O)O)C(=O)O)cc1.Cc1ccc(OCC(=O)O)c(C(=O)O)c1.Cc1ccc(O[P+](=O)O)cc1.O.O.O. The fraction of sp³-hybridized carbons (Fsp3) is 0.233. The fourth-order valence-electron chi connectivity index (χ4n) is 7.51. The highest BCUT2D eigenvalue weighted by atomic mass is 31.1. The van der Waals surface area contributed by atoms with Gasteiger partial charge in [-0.05, 0) is 150 Å². The molecular formula is C73H84F4O30P3+3. The zero-order chi connectivity index (χ0) is 81.5.